The summed E-state index contributed by atoms with van der Waals surface area (Å²) >= 11 is 1.54. The zero-order chi connectivity index (χ0) is 12.3. The van der Waals surface area contributed by atoms with E-state index in [2.05, 4.69) is 29.2 Å². The first-order valence-electron chi connectivity index (χ1n) is 6.55. The van der Waals surface area contributed by atoms with Crippen LogP contribution in [-0.4, -0.2) is 29.5 Å². The van der Waals surface area contributed by atoms with Crippen LogP contribution in [0.2, 0.25) is 0 Å². The van der Waals surface area contributed by atoms with Crippen molar-refractivity contribution < 1.29 is 0 Å². The molecule has 0 bridgehead atoms. The fourth-order valence-electron chi connectivity index (χ4n) is 2.59. The largest absolute Gasteiger partial charge is 0.375 e. The van der Waals surface area contributed by atoms with E-state index in [0.29, 0.717) is 5.13 Å². The highest BCUT2D eigenvalue weighted by molar-refractivity contribution is 7.13. The predicted octanol–water partition coefficient (Wildman–Crippen LogP) is 2.78. The summed E-state index contributed by atoms with van der Waals surface area (Å²) in [6.07, 6.45) is 6.52. The number of thiazole rings is 1. The van der Waals surface area contributed by atoms with Crippen LogP contribution >= 0.6 is 11.3 Å². The molecule has 0 atom stereocenters. The van der Waals surface area contributed by atoms with E-state index in [9.17, 15) is 0 Å². The summed E-state index contributed by atoms with van der Waals surface area (Å²) in [5.74, 6) is 0.929. The van der Waals surface area contributed by atoms with Gasteiger partial charge in [-0.1, -0.05) is 6.92 Å². The second-order valence-corrected chi connectivity index (χ2v) is 6.21. The van der Waals surface area contributed by atoms with Gasteiger partial charge in [0.1, 0.15) is 0 Å². The molecule has 1 aromatic rings. The van der Waals surface area contributed by atoms with Gasteiger partial charge in [-0.3, -0.25) is 0 Å². The second kappa shape index (κ2) is 5.83. The van der Waals surface area contributed by atoms with Crippen molar-refractivity contribution in [3.63, 3.8) is 0 Å². The minimum absolute atomic E-state index is 0.689. The van der Waals surface area contributed by atoms with Crippen molar-refractivity contribution in [2.24, 2.45) is 5.92 Å². The monoisotopic (exact) mass is 253 g/mol. The number of likely N-dealkylation sites (N-methyl/N-ethyl adjacent to an activating group) is 1. The zero-order valence-electron chi connectivity index (χ0n) is 10.9. The standard InChI is InChI=1S/C13H23N3S/c1-10-3-5-12(6-4-10)16(2)8-7-11-9-17-13(14)15-11/h9-10,12H,3-8H2,1-2H3,(H2,14,15). The van der Waals surface area contributed by atoms with E-state index in [1.54, 1.807) is 11.3 Å². The van der Waals surface area contributed by atoms with Crippen LogP contribution < -0.4 is 5.73 Å². The maximum absolute atomic E-state index is 5.64. The number of hydrogen-bond donors (Lipinski definition) is 1. The minimum Gasteiger partial charge on any atom is -0.375 e. The molecule has 1 heterocycles. The van der Waals surface area contributed by atoms with Gasteiger partial charge in [-0.25, -0.2) is 4.98 Å². The van der Waals surface area contributed by atoms with Gasteiger partial charge in [0.15, 0.2) is 5.13 Å². The van der Waals surface area contributed by atoms with Gasteiger partial charge < -0.3 is 10.6 Å². The molecule has 4 heteroatoms. The van der Waals surface area contributed by atoms with Crippen LogP contribution in [0.25, 0.3) is 0 Å². The van der Waals surface area contributed by atoms with Crippen LogP contribution in [0, 0.1) is 5.92 Å². The molecule has 0 amide bonds. The molecule has 1 aliphatic carbocycles. The van der Waals surface area contributed by atoms with E-state index in [1.165, 1.54) is 25.7 Å². The number of nitrogen functional groups attached to an aromatic ring is 1. The molecular weight excluding hydrogens is 230 g/mol. The van der Waals surface area contributed by atoms with Crippen LogP contribution in [0.1, 0.15) is 38.3 Å². The fourth-order valence-corrected chi connectivity index (χ4v) is 3.19. The van der Waals surface area contributed by atoms with Crippen molar-refractivity contribution in [1.29, 1.82) is 0 Å². The number of nitrogens with two attached hydrogens (primary N) is 1. The lowest BCUT2D eigenvalue weighted by atomic mass is 9.87. The molecule has 1 saturated carbocycles. The molecule has 96 valence electrons. The lowest BCUT2D eigenvalue weighted by Crippen LogP contribution is -2.36. The Bertz CT molecular complexity index is 342. The van der Waals surface area contributed by atoms with Crippen LogP contribution in [0.5, 0.6) is 0 Å². The summed E-state index contributed by atoms with van der Waals surface area (Å²) in [6.45, 7) is 3.47. The molecule has 3 nitrogen and oxygen atoms in total. The van der Waals surface area contributed by atoms with E-state index in [0.717, 1.165) is 30.6 Å². The highest BCUT2D eigenvalue weighted by Crippen LogP contribution is 2.26. The van der Waals surface area contributed by atoms with E-state index in [-0.39, 0.29) is 0 Å². The first kappa shape index (κ1) is 12.8. The summed E-state index contributed by atoms with van der Waals surface area (Å²) < 4.78 is 0. The second-order valence-electron chi connectivity index (χ2n) is 5.32. The molecule has 1 aromatic heterocycles. The molecule has 1 fully saturated rings. The summed E-state index contributed by atoms with van der Waals surface area (Å²) in [5, 5.41) is 2.76. The Kier molecular flexibility index (Phi) is 4.40. The lowest BCUT2D eigenvalue weighted by molar-refractivity contribution is 0.171. The van der Waals surface area contributed by atoms with Crippen molar-refractivity contribution in [2.45, 2.75) is 45.1 Å². The Morgan fingerprint density at radius 3 is 2.71 bits per heavy atom. The topological polar surface area (TPSA) is 42.1 Å². The summed E-state index contributed by atoms with van der Waals surface area (Å²) in [7, 11) is 2.25. The SMILES string of the molecule is CC1CCC(N(C)CCc2csc(N)n2)CC1. The van der Waals surface area contributed by atoms with Gasteiger partial charge in [-0.15, -0.1) is 11.3 Å². The van der Waals surface area contributed by atoms with Crippen LogP contribution in [0.3, 0.4) is 0 Å². The number of rotatable bonds is 4. The Balaban J connectivity index is 1.75. The summed E-state index contributed by atoms with van der Waals surface area (Å²) in [5.41, 5.74) is 6.78. The molecule has 0 aromatic carbocycles. The predicted molar refractivity (Wildman–Crippen MR) is 74.3 cm³/mol. The highest BCUT2D eigenvalue weighted by atomic mass is 32.1. The third kappa shape index (κ3) is 3.68. The average molecular weight is 253 g/mol. The molecule has 0 spiro atoms. The number of hydrogen-bond acceptors (Lipinski definition) is 4. The van der Waals surface area contributed by atoms with Crippen LogP contribution in [0.15, 0.2) is 5.38 Å². The molecule has 0 aliphatic heterocycles. The van der Waals surface area contributed by atoms with Crippen molar-refractivity contribution in [3.05, 3.63) is 11.1 Å². The van der Waals surface area contributed by atoms with Crippen molar-refractivity contribution in [2.75, 3.05) is 19.3 Å². The quantitative estimate of drug-likeness (QED) is 0.897. The van der Waals surface area contributed by atoms with E-state index in [1.807, 2.05) is 0 Å². The van der Waals surface area contributed by atoms with Crippen molar-refractivity contribution in [1.82, 2.24) is 9.88 Å². The van der Waals surface area contributed by atoms with Gasteiger partial charge in [0, 0.05) is 24.4 Å². The fraction of sp³-hybridized carbons (Fsp3) is 0.769. The first-order valence-corrected chi connectivity index (χ1v) is 7.43. The number of anilines is 1. The van der Waals surface area contributed by atoms with Gasteiger partial charge in [-0.2, -0.15) is 0 Å². The molecule has 0 radical (unpaired) electrons. The molecule has 0 unspecified atom stereocenters. The minimum atomic E-state index is 0.689. The Labute approximate surface area is 108 Å². The smallest absolute Gasteiger partial charge is 0.180 e. The van der Waals surface area contributed by atoms with E-state index < -0.39 is 0 Å². The maximum atomic E-state index is 5.64. The number of nitrogens with zero attached hydrogens (tertiary/aromatic N) is 2. The third-order valence-electron chi connectivity index (χ3n) is 3.90. The van der Waals surface area contributed by atoms with Crippen LogP contribution in [0.4, 0.5) is 5.13 Å². The molecule has 0 saturated heterocycles. The number of aromatic nitrogens is 1. The molecule has 1 aliphatic rings. The van der Waals surface area contributed by atoms with E-state index in [4.69, 9.17) is 5.73 Å². The van der Waals surface area contributed by atoms with Gasteiger partial charge in [0.05, 0.1) is 5.69 Å². The first-order chi connectivity index (χ1) is 8.15. The maximum Gasteiger partial charge on any atom is 0.180 e. The summed E-state index contributed by atoms with van der Waals surface area (Å²) in [6, 6.07) is 0.780. The molecular formula is C13H23N3S. The van der Waals surface area contributed by atoms with Gasteiger partial charge >= 0.3 is 0 Å². The Morgan fingerprint density at radius 1 is 1.41 bits per heavy atom. The Morgan fingerprint density at radius 2 is 2.12 bits per heavy atom. The molecule has 2 rings (SSSR count). The van der Waals surface area contributed by atoms with Gasteiger partial charge in [0.2, 0.25) is 0 Å². The van der Waals surface area contributed by atoms with E-state index >= 15 is 0 Å². The highest BCUT2D eigenvalue weighted by Gasteiger charge is 2.21. The summed E-state index contributed by atoms with van der Waals surface area (Å²) in [4.78, 5) is 6.81. The molecule has 2 N–H and O–H groups in total. The van der Waals surface area contributed by atoms with Crippen LogP contribution in [-0.2, 0) is 6.42 Å². The average Bonchev–Trinajstić information content (AvgIpc) is 2.73. The van der Waals surface area contributed by atoms with Crippen molar-refractivity contribution >= 4 is 16.5 Å². The zero-order valence-corrected chi connectivity index (χ0v) is 11.7. The normalized spacial score (nSPS) is 25.4. The Hall–Kier alpha value is -0.610. The molecule has 17 heavy (non-hydrogen) atoms. The van der Waals surface area contributed by atoms with Gasteiger partial charge in [-0.05, 0) is 38.6 Å². The van der Waals surface area contributed by atoms with Crippen molar-refractivity contribution in [3.8, 4) is 0 Å². The third-order valence-corrected chi connectivity index (χ3v) is 4.62. The van der Waals surface area contributed by atoms with Gasteiger partial charge in [0.25, 0.3) is 0 Å². The lowest BCUT2D eigenvalue weighted by Gasteiger charge is -2.33.